The first-order valence-electron chi connectivity index (χ1n) is 6.52. The zero-order valence-electron chi connectivity index (χ0n) is 11.4. The standard InChI is InChI=1S/C17H13NO3/c1-11-16(21-12-7-3-2-4-8-12)15(17(19)20)13-9-5-6-10-14(13)18-11/h2-10H,1H3,(H,19,20). The maximum absolute atomic E-state index is 11.7. The summed E-state index contributed by atoms with van der Waals surface area (Å²) >= 11 is 0. The molecule has 1 aromatic heterocycles. The maximum Gasteiger partial charge on any atom is 0.340 e. The number of rotatable bonds is 3. The topological polar surface area (TPSA) is 59.4 Å². The fourth-order valence-corrected chi connectivity index (χ4v) is 2.26. The van der Waals surface area contributed by atoms with Crippen molar-refractivity contribution in [1.82, 2.24) is 4.98 Å². The second-order valence-electron chi connectivity index (χ2n) is 4.64. The van der Waals surface area contributed by atoms with Gasteiger partial charge in [0.1, 0.15) is 11.3 Å². The Morgan fingerprint density at radius 3 is 2.43 bits per heavy atom. The highest BCUT2D eigenvalue weighted by molar-refractivity contribution is 6.05. The molecule has 1 heterocycles. The van der Waals surface area contributed by atoms with E-state index in [1.54, 1.807) is 37.3 Å². The highest BCUT2D eigenvalue weighted by Crippen LogP contribution is 2.33. The van der Waals surface area contributed by atoms with E-state index in [4.69, 9.17) is 4.74 Å². The van der Waals surface area contributed by atoms with Crippen LogP contribution in [0.15, 0.2) is 54.6 Å². The average molecular weight is 279 g/mol. The molecule has 0 amide bonds. The molecule has 0 radical (unpaired) electrons. The molecule has 4 nitrogen and oxygen atoms in total. The lowest BCUT2D eigenvalue weighted by atomic mass is 10.1. The number of aromatic carboxylic acids is 1. The number of pyridine rings is 1. The predicted octanol–water partition coefficient (Wildman–Crippen LogP) is 4.03. The number of carboxylic acids is 1. The van der Waals surface area contributed by atoms with E-state index in [1.807, 2.05) is 24.3 Å². The summed E-state index contributed by atoms with van der Waals surface area (Å²) in [6.07, 6.45) is 0. The number of nitrogens with zero attached hydrogens (tertiary/aromatic N) is 1. The lowest BCUT2D eigenvalue weighted by molar-refractivity contribution is 0.0696. The van der Waals surface area contributed by atoms with Gasteiger partial charge < -0.3 is 9.84 Å². The zero-order valence-corrected chi connectivity index (χ0v) is 11.4. The second kappa shape index (κ2) is 5.25. The van der Waals surface area contributed by atoms with Gasteiger partial charge in [-0.25, -0.2) is 9.78 Å². The maximum atomic E-state index is 11.7. The Morgan fingerprint density at radius 2 is 1.71 bits per heavy atom. The molecule has 0 aliphatic carbocycles. The molecule has 0 saturated carbocycles. The van der Waals surface area contributed by atoms with Crippen LogP contribution in [0.25, 0.3) is 10.9 Å². The molecule has 0 aliphatic heterocycles. The molecule has 0 spiro atoms. The quantitative estimate of drug-likeness (QED) is 0.786. The van der Waals surface area contributed by atoms with Crippen LogP contribution in [-0.4, -0.2) is 16.1 Å². The predicted molar refractivity (Wildman–Crippen MR) is 80.0 cm³/mol. The Morgan fingerprint density at radius 1 is 1.05 bits per heavy atom. The summed E-state index contributed by atoms with van der Waals surface area (Å²) in [6, 6.07) is 16.2. The lowest BCUT2D eigenvalue weighted by Crippen LogP contribution is -2.05. The third-order valence-electron chi connectivity index (χ3n) is 3.19. The first kappa shape index (κ1) is 13.1. The Hall–Kier alpha value is -2.88. The van der Waals surface area contributed by atoms with Crippen LogP contribution in [0.1, 0.15) is 16.1 Å². The third-order valence-corrected chi connectivity index (χ3v) is 3.19. The van der Waals surface area contributed by atoms with Crippen molar-refractivity contribution >= 4 is 16.9 Å². The molecule has 0 saturated heterocycles. The Kier molecular flexibility index (Phi) is 3.28. The van der Waals surface area contributed by atoms with Crippen LogP contribution in [0.3, 0.4) is 0 Å². The fourth-order valence-electron chi connectivity index (χ4n) is 2.26. The molecule has 21 heavy (non-hydrogen) atoms. The van der Waals surface area contributed by atoms with E-state index in [-0.39, 0.29) is 11.3 Å². The molecule has 1 N–H and O–H groups in total. The number of benzene rings is 2. The van der Waals surface area contributed by atoms with E-state index < -0.39 is 5.97 Å². The first-order chi connectivity index (χ1) is 10.2. The minimum absolute atomic E-state index is 0.141. The van der Waals surface area contributed by atoms with Crippen molar-refractivity contribution in [2.75, 3.05) is 0 Å². The van der Waals surface area contributed by atoms with Gasteiger partial charge in [0, 0.05) is 5.39 Å². The average Bonchev–Trinajstić information content (AvgIpc) is 2.48. The first-order valence-corrected chi connectivity index (χ1v) is 6.52. The van der Waals surface area contributed by atoms with Gasteiger partial charge in [0.25, 0.3) is 0 Å². The molecule has 0 fully saturated rings. The number of ether oxygens (including phenoxy) is 1. The molecule has 3 rings (SSSR count). The molecule has 104 valence electrons. The summed E-state index contributed by atoms with van der Waals surface area (Å²) in [4.78, 5) is 16.1. The van der Waals surface area contributed by atoms with Gasteiger partial charge in [-0.1, -0.05) is 36.4 Å². The van der Waals surface area contributed by atoms with Crippen LogP contribution >= 0.6 is 0 Å². The van der Waals surface area contributed by atoms with Crippen molar-refractivity contribution in [1.29, 1.82) is 0 Å². The highest BCUT2D eigenvalue weighted by Gasteiger charge is 2.20. The Bertz CT molecular complexity index is 813. The van der Waals surface area contributed by atoms with Crippen LogP contribution in [0.5, 0.6) is 11.5 Å². The van der Waals surface area contributed by atoms with Crippen LogP contribution in [-0.2, 0) is 0 Å². The molecule has 3 aromatic rings. The third kappa shape index (κ3) is 2.43. The minimum Gasteiger partial charge on any atom is -0.478 e. The molecular weight excluding hydrogens is 266 g/mol. The molecule has 4 heteroatoms. The smallest absolute Gasteiger partial charge is 0.340 e. The van der Waals surface area contributed by atoms with E-state index in [1.165, 1.54) is 0 Å². The Balaban J connectivity index is 2.23. The van der Waals surface area contributed by atoms with Gasteiger partial charge in [0.2, 0.25) is 0 Å². The van der Waals surface area contributed by atoms with Gasteiger partial charge in [-0.3, -0.25) is 0 Å². The summed E-state index contributed by atoms with van der Waals surface area (Å²) in [5, 5.41) is 10.1. The monoisotopic (exact) mass is 279 g/mol. The highest BCUT2D eigenvalue weighted by atomic mass is 16.5. The Labute approximate surface area is 121 Å². The minimum atomic E-state index is -1.03. The molecule has 0 bridgehead atoms. The van der Waals surface area contributed by atoms with Crippen molar-refractivity contribution < 1.29 is 14.6 Å². The molecule has 2 aromatic carbocycles. The van der Waals surface area contributed by atoms with E-state index >= 15 is 0 Å². The summed E-state index contributed by atoms with van der Waals surface area (Å²) in [5.74, 6) is -0.157. The largest absolute Gasteiger partial charge is 0.478 e. The summed E-state index contributed by atoms with van der Waals surface area (Å²) in [7, 11) is 0. The number of carboxylic acid groups (broad SMARTS) is 1. The number of hydrogen-bond acceptors (Lipinski definition) is 3. The second-order valence-corrected chi connectivity index (χ2v) is 4.64. The molecule has 0 aliphatic rings. The van der Waals surface area contributed by atoms with Gasteiger partial charge in [-0.2, -0.15) is 0 Å². The van der Waals surface area contributed by atoms with E-state index in [0.717, 1.165) is 0 Å². The van der Waals surface area contributed by atoms with Gasteiger partial charge >= 0.3 is 5.97 Å². The SMILES string of the molecule is Cc1nc2ccccc2c(C(=O)O)c1Oc1ccccc1. The van der Waals surface area contributed by atoms with Gasteiger partial charge in [-0.15, -0.1) is 0 Å². The molecule has 0 atom stereocenters. The van der Waals surface area contributed by atoms with Crippen LogP contribution in [0, 0.1) is 6.92 Å². The number of carbonyl (C=O) groups is 1. The van der Waals surface area contributed by atoms with Crippen molar-refractivity contribution in [3.05, 3.63) is 65.9 Å². The van der Waals surface area contributed by atoms with E-state index in [2.05, 4.69) is 4.98 Å². The number of aromatic nitrogens is 1. The van der Waals surface area contributed by atoms with Gasteiger partial charge in [0.15, 0.2) is 5.75 Å². The van der Waals surface area contributed by atoms with E-state index in [0.29, 0.717) is 22.3 Å². The van der Waals surface area contributed by atoms with Crippen LogP contribution < -0.4 is 4.74 Å². The van der Waals surface area contributed by atoms with Crippen LogP contribution in [0.4, 0.5) is 0 Å². The summed E-state index contributed by atoms with van der Waals surface area (Å²) in [6.45, 7) is 1.75. The normalized spacial score (nSPS) is 10.5. The molecular formula is C17H13NO3. The number of fused-ring (bicyclic) bond motifs is 1. The number of aryl methyl sites for hydroxylation is 1. The van der Waals surface area contributed by atoms with Gasteiger partial charge in [-0.05, 0) is 25.1 Å². The number of para-hydroxylation sites is 2. The lowest BCUT2D eigenvalue weighted by Gasteiger charge is -2.13. The fraction of sp³-hybridized carbons (Fsp3) is 0.0588. The van der Waals surface area contributed by atoms with Crippen molar-refractivity contribution in [3.63, 3.8) is 0 Å². The van der Waals surface area contributed by atoms with Crippen molar-refractivity contribution in [2.45, 2.75) is 6.92 Å². The summed E-state index contributed by atoms with van der Waals surface area (Å²) < 4.78 is 5.77. The van der Waals surface area contributed by atoms with Crippen molar-refractivity contribution in [3.8, 4) is 11.5 Å². The zero-order chi connectivity index (χ0) is 14.8. The number of hydrogen-bond donors (Lipinski definition) is 1. The molecule has 0 unspecified atom stereocenters. The van der Waals surface area contributed by atoms with Gasteiger partial charge in [0.05, 0.1) is 11.2 Å². The van der Waals surface area contributed by atoms with Crippen LogP contribution in [0.2, 0.25) is 0 Å². The summed E-state index contributed by atoms with van der Waals surface area (Å²) in [5.41, 5.74) is 1.34. The van der Waals surface area contributed by atoms with E-state index in [9.17, 15) is 9.90 Å². The van der Waals surface area contributed by atoms with Crippen molar-refractivity contribution in [2.24, 2.45) is 0 Å².